The summed E-state index contributed by atoms with van der Waals surface area (Å²) < 4.78 is 12.1. The second-order valence-corrected chi connectivity index (χ2v) is 9.63. The summed E-state index contributed by atoms with van der Waals surface area (Å²) in [5.74, 6) is 1.15. The third-order valence-corrected chi connectivity index (χ3v) is 7.12. The number of aryl methyl sites for hydroxylation is 2. The summed E-state index contributed by atoms with van der Waals surface area (Å²) in [6.07, 6.45) is 5.49. The maximum Gasteiger partial charge on any atom is 0.308 e. The number of ether oxygens (including phenoxy) is 2. The van der Waals surface area contributed by atoms with Gasteiger partial charge in [0, 0.05) is 24.3 Å². The molecule has 0 saturated carbocycles. The number of nitrogens with zero attached hydrogens (tertiary/aromatic N) is 1. The van der Waals surface area contributed by atoms with Crippen LogP contribution in [-0.4, -0.2) is 21.7 Å². The van der Waals surface area contributed by atoms with Crippen molar-refractivity contribution in [1.29, 1.82) is 0 Å². The summed E-state index contributed by atoms with van der Waals surface area (Å²) in [7, 11) is 0. The van der Waals surface area contributed by atoms with E-state index in [0.717, 1.165) is 40.1 Å². The lowest BCUT2D eigenvalue weighted by molar-refractivity contribution is -0.132. The number of hydrogen-bond donors (Lipinski definition) is 2. The summed E-state index contributed by atoms with van der Waals surface area (Å²) in [5.41, 5.74) is 14.5. The van der Waals surface area contributed by atoms with Gasteiger partial charge >= 0.3 is 5.97 Å². The molecule has 2 N–H and O–H groups in total. The van der Waals surface area contributed by atoms with E-state index >= 15 is 0 Å². The molecule has 0 amide bonds. The number of benzene rings is 2. The molecule has 33 heavy (non-hydrogen) atoms. The van der Waals surface area contributed by atoms with E-state index in [9.17, 15) is 4.79 Å². The van der Waals surface area contributed by atoms with E-state index in [2.05, 4.69) is 42.9 Å². The molecule has 2 aromatic rings. The SMILES string of the molecule is CC(=O)Oc1c(C)c(C)c2c(c1C)CCC(C)(C(=S)NN1C=Cc3c(C)cc(C)cc3N1)O2. The van der Waals surface area contributed by atoms with Crippen molar-refractivity contribution < 1.29 is 14.3 Å². The topological polar surface area (TPSA) is 62.8 Å². The van der Waals surface area contributed by atoms with Gasteiger partial charge < -0.3 is 9.47 Å². The molecule has 0 fully saturated rings. The van der Waals surface area contributed by atoms with Gasteiger partial charge in [-0.2, -0.15) is 0 Å². The van der Waals surface area contributed by atoms with Crippen LogP contribution in [0.2, 0.25) is 0 Å². The highest BCUT2D eigenvalue weighted by atomic mass is 32.1. The average molecular weight is 466 g/mol. The number of rotatable bonds is 3. The van der Waals surface area contributed by atoms with Crippen molar-refractivity contribution in [1.82, 2.24) is 10.5 Å². The lowest BCUT2D eigenvalue weighted by Gasteiger charge is -2.40. The Labute approximate surface area is 200 Å². The van der Waals surface area contributed by atoms with E-state index in [1.54, 1.807) is 5.12 Å². The number of carbonyl (C=O) groups excluding carboxylic acids is 1. The van der Waals surface area contributed by atoms with E-state index in [0.29, 0.717) is 17.2 Å². The fourth-order valence-electron chi connectivity index (χ4n) is 4.59. The van der Waals surface area contributed by atoms with Crippen LogP contribution in [0.1, 0.15) is 59.2 Å². The Morgan fingerprint density at radius 3 is 2.61 bits per heavy atom. The lowest BCUT2D eigenvalue weighted by atomic mass is 9.87. The molecule has 2 aliphatic heterocycles. The number of hydrogen-bond acceptors (Lipinski definition) is 6. The van der Waals surface area contributed by atoms with Crippen LogP contribution in [0.4, 0.5) is 5.69 Å². The predicted molar refractivity (Wildman–Crippen MR) is 135 cm³/mol. The minimum absolute atomic E-state index is 0.318. The Balaban J connectivity index is 1.56. The Morgan fingerprint density at radius 2 is 1.91 bits per heavy atom. The molecule has 0 saturated heterocycles. The summed E-state index contributed by atoms with van der Waals surface area (Å²) in [5, 5.41) is 1.78. The number of esters is 1. The number of hydrazine groups is 2. The number of anilines is 1. The quantitative estimate of drug-likeness (QED) is 0.358. The van der Waals surface area contributed by atoms with Gasteiger partial charge in [-0.25, -0.2) is 5.12 Å². The van der Waals surface area contributed by atoms with Gasteiger partial charge in [-0.3, -0.25) is 15.6 Å². The van der Waals surface area contributed by atoms with E-state index in [4.69, 9.17) is 21.7 Å². The summed E-state index contributed by atoms with van der Waals surface area (Å²) in [6, 6.07) is 4.29. The summed E-state index contributed by atoms with van der Waals surface area (Å²) >= 11 is 5.82. The zero-order valence-electron chi connectivity index (χ0n) is 20.3. The van der Waals surface area contributed by atoms with Crippen molar-refractivity contribution in [3.63, 3.8) is 0 Å². The van der Waals surface area contributed by atoms with E-state index in [-0.39, 0.29) is 5.97 Å². The molecule has 0 spiro atoms. The van der Waals surface area contributed by atoms with Crippen LogP contribution in [0.25, 0.3) is 6.08 Å². The fourth-order valence-corrected chi connectivity index (χ4v) is 4.83. The minimum atomic E-state index is -0.673. The molecular weight excluding hydrogens is 434 g/mol. The Hall–Kier alpha value is -3.06. The number of thiocarbonyl (C=S) groups is 1. The van der Waals surface area contributed by atoms with Gasteiger partial charge in [0.2, 0.25) is 0 Å². The van der Waals surface area contributed by atoms with E-state index in [1.165, 1.54) is 23.6 Å². The van der Waals surface area contributed by atoms with Gasteiger partial charge in [-0.1, -0.05) is 18.3 Å². The molecule has 4 rings (SSSR count). The molecule has 2 heterocycles. The second kappa shape index (κ2) is 8.37. The first-order valence-electron chi connectivity index (χ1n) is 11.2. The highest BCUT2D eigenvalue weighted by Crippen LogP contribution is 2.44. The molecule has 0 bridgehead atoms. The van der Waals surface area contributed by atoms with Crippen molar-refractivity contribution in [3.8, 4) is 11.5 Å². The molecule has 2 aromatic carbocycles. The maximum absolute atomic E-state index is 11.6. The Bertz CT molecular complexity index is 1200. The summed E-state index contributed by atoms with van der Waals surface area (Å²) in [4.78, 5) is 12.2. The van der Waals surface area contributed by atoms with Gasteiger partial charge in [-0.05, 0) is 94.3 Å². The van der Waals surface area contributed by atoms with Gasteiger partial charge in [0.25, 0.3) is 0 Å². The Morgan fingerprint density at radius 1 is 1.18 bits per heavy atom. The predicted octanol–water partition coefficient (Wildman–Crippen LogP) is 5.38. The number of fused-ring (bicyclic) bond motifs is 2. The van der Waals surface area contributed by atoms with Gasteiger partial charge in [0.05, 0.1) is 5.69 Å². The normalized spacial score (nSPS) is 18.6. The lowest BCUT2D eigenvalue weighted by Crippen LogP contribution is -2.55. The van der Waals surface area contributed by atoms with Crippen LogP contribution >= 0.6 is 12.2 Å². The van der Waals surface area contributed by atoms with Crippen LogP contribution in [0.15, 0.2) is 18.3 Å². The maximum atomic E-state index is 11.6. The first-order chi connectivity index (χ1) is 15.5. The summed E-state index contributed by atoms with van der Waals surface area (Å²) in [6.45, 7) is 13.6. The molecule has 0 radical (unpaired) electrons. The molecule has 6 nitrogen and oxygen atoms in total. The van der Waals surface area contributed by atoms with Gasteiger partial charge in [0.1, 0.15) is 16.5 Å². The van der Waals surface area contributed by atoms with Gasteiger partial charge in [0.15, 0.2) is 5.60 Å². The van der Waals surface area contributed by atoms with Crippen molar-refractivity contribution in [2.24, 2.45) is 0 Å². The van der Waals surface area contributed by atoms with Crippen LogP contribution in [0.5, 0.6) is 11.5 Å². The number of nitrogens with one attached hydrogen (secondary N) is 2. The first kappa shape index (κ1) is 23.1. The third kappa shape index (κ3) is 4.17. The minimum Gasteiger partial charge on any atom is -0.480 e. The van der Waals surface area contributed by atoms with Crippen molar-refractivity contribution in [2.45, 2.75) is 66.9 Å². The highest BCUT2D eigenvalue weighted by Gasteiger charge is 2.39. The largest absolute Gasteiger partial charge is 0.480 e. The molecular formula is C26H31N3O3S. The monoisotopic (exact) mass is 465 g/mol. The zero-order chi connectivity index (χ0) is 24.1. The van der Waals surface area contributed by atoms with Crippen LogP contribution in [0, 0.1) is 34.6 Å². The molecule has 174 valence electrons. The number of carbonyl (C=O) groups is 1. The van der Waals surface area contributed by atoms with Crippen molar-refractivity contribution in [2.75, 3.05) is 5.43 Å². The fraction of sp³-hybridized carbons (Fsp3) is 0.385. The second-order valence-electron chi connectivity index (χ2n) is 9.22. The molecule has 7 heteroatoms. The molecule has 0 aromatic heterocycles. The first-order valence-corrected chi connectivity index (χ1v) is 11.6. The van der Waals surface area contributed by atoms with Crippen LogP contribution in [0.3, 0.4) is 0 Å². The standard InChI is InChI=1S/C26H31N3O3S/c1-14-12-15(2)20-9-11-29(27-22(20)13-14)28-25(33)26(7)10-8-21-18(5)23(31-19(6)30)16(3)17(4)24(21)32-26/h9,11-13,27H,8,10H2,1-7H3,(H,28,33). The smallest absolute Gasteiger partial charge is 0.308 e. The molecule has 1 unspecified atom stereocenters. The third-order valence-electron chi connectivity index (χ3n) is 6.60. The van der Waals surface area contributed by atoms with E-state index in [1.807, 2.05) is 33.9 Å². The van der Waals surface area contributed by atoms with Crippen molar-refractivity contribution in [3.05, 3.63) is 57.3 Å². The van der Waals surface area contributed by atoms with E-state index < -0.39 is 5.60 Å². The Kier molecular flexibility index (Phi) is 5.86. The zero-order valence-corrected chi connectivity index (χ0v) is 21.1. The molecule has 2 aliphatic rings. The highest BCUT2D eigenvalue weighted by molar-refractivity contribution is 7.80. The molecule has 1 atom stereocenters. The van der Waals surface area contributed by atoms with Gasteiger partial charge in [-0.15, -0.1) is 0 Å². The van der Waals surface area contributed by atoms with Crippen LogP contribution in [-0.2, 0) is 11.2 Å². The molecule has 0 aliphatic carbocycles. The van der Waals surface area contributed by atoms with Crippen LogP contribution < -0.4 is 20.3 Å². The average Bonchev–Trinajstić information content (AvgIpc) is 2.74. The van der Waals surface area contributed by atoms with Crippen molar-refractivity contribution >= 4 is 34.9 Å².